The predicted octanol–water partition coefficient (Wildman–Crippen LogP) is 2.73. The van der Waals surface area contributed by atoms with E-state index in [1.807, 2.05) is 17.8 Å². The highest BCUT2D eigenvalue weighted by atomic mass is 32.2. The summed E-state index contributed by atoms with van der Waals surface area (Å²) in [6.45, 7) is 10.4. The lowest BCUT2D eigenvalue weighted by Gasteiger charge is -2.19. The minimum Gasteiger partial charge on any atom is -0.396 e. The molecule has 0 atom stereocenters. The Hall–Kier alpha value is -1.01. The molecule has 0 fully saturated rings. The fourth-order valence-electron chi connectivity index (χ4n) is 1.66. The Balaban J connectivity index is 2.61. The summed E-state index contributed by atoms with van der Waals surface area (Å²) in [7, 11) is 0. The quantitative estimate of drug-likeness (QED) is 0.609. The van der Waals surface area contributed by atoms with Gasteiger partial charge in [0.15, 0.2) is 0 Å². The van der Waals surface area contributed by atoms with Gasteiger partial charge in [-0.3, -0.25) is 0 Å². The van der Waals surface area contributed by atoms with E-state index in [1.165, 1.54) is 0 Å². The summed E-state index contributed by atoms with van der Waals surface area (Å²) in [6.07, 6.45) is 0.858. The van der Waals surface area contributed by atoms with Gasteiger partial charge in [0.25, 0.3) is 0 Å². The fraction of sp³-hybridized carbons (Fsp3) is 0.733. The summed E-state index contributed by atoms with van der Waals surface area (Å²) < 4.78 is 0. The first-order valence-corrected chi connectivity index (χ1v) is 8.68. The first kappa shape index (κ1) is 18.0. The minimum absolute atomic E-state index is 0.0717. The Labute approximate surface area is 132 Å². The van der Waals surface area contributed by atoms with Crippen LogP contribution in [0.25, 0.3) is 0 Å². The second-order valence-corrected chi connectivity index (χ2v) is 7.08. The topological polar surface area (TPSA) is 70.1 Å². The SMILES string of the molecule is CCNc1cc(NCCSCCCO)nc(C(C)(C)C)n1. The normalized spacial score (nSPS) is 11.5. The number of aliphatic hydroxyl groups is 1. The lowest BCUT2D eigenvalue weighted by Crippen LogP contribution is -2.19. The standard InChI is InChI=1S/C15H28N4OS/c1-5-16-12-11-13(17-7-10-21-9-6-8-20)19-14(18-12)15(2,3)4/h11,20H,5-10H2,1-4H3,(H2,16,17,18,19). The van der Waals surface area contributed by atoms with Crippen LogP contribution in [-0.2, 0) is 5.41 Å². The van der Waals surface area contributed by atoms with E-state index in [4.69, 9.17) is 5.11 Å². The number of rotatable bonds is 9. The second-order valence-electron chi connectivity index (χ2n) is 5.86. The molecule has 1 aromatic rings. The summed E-state index contributed by atoms with van der Waals surface area (Å²) in [5, 5.41) is 15.3. The van der Waals surface area contributed by atoms with Crippen molar-refractivity contribution in [1.82, 2.24) is 9.97 Å². The summed E-state index contributed by atoms with van der Waals surface area (Å²) in [5.74, 6) is 4.58. The van der Waals surface area contributed by atoms with E-state index in [0.29, 0.717) is 0 Å². The highest BCUT2D eigenvalue weighted by Gasteiger charge is 2.19. The first-order chi connectivity index (χ1) is 9.97. The number of hydrogen-bond donors (Lipinski definition) is 3. The molecule has 1 rings (SSSR count). The highest BCUT2D eigenvalue weighted by Crippen LogP contribution is 2.22. The number of thioether (sulfide) groups is 1. The van der Waals surface area contributed by atoms with Gasteiger partial charge in [0.1, 0.15) is 17.5 Å². The number of aromatic nitrogens is 2. The van der Waals surface area contributed by atoms with Crippen LogP contribution in [0.2, 0.25) is 0 Å². The fourth-order valence-corrected chi connectivity index (χ4v) is 2.45. The molecule has 0 saturated heterocycles. The molecule has 0 bridgehead atoms. The molecule has 6 heteroatoms. The van der Waals surface area contributed by atoms with Gasteiger partial charge >= 0.3 is 0 Å². The zero-order valence-corrected chi connectivity index (χ0v) is 14.4. The van der Waals surface area contributed by atoms with Gasteiger partial charge in [-0.15, -0.1) is 0 Å². The number of aliphatic hydroxyl groups excluding tert-OH is 1. The smallest absolute Gasteiger partial charge is 0.138 e. The highest BCUT2D eigenvalue weighted by molar-refractivity contribution is 7.99. The number of hydrogen-bond acceptors (Lipinski definition) is 6. The average Bonchev–Trinajstić information content (AvgIpc) is 2.42. The molecule has 5 nitrogen and oxygen atoms in total. The van der Waals surface area contributed by atoms with Crippen LogP contribution in [0.15, 0.2) is 6.07 Å². The van der Waals surface area contributed by atoms with Crippen molar-refractivity contribution in [2.75, 3.05) is 41.8 Å². The monoisotopic (exact) mass is 312 g/mol. The zero-order chi connectivity index (χ0) is 15.7. The van der Waals surface area contributed by atoms with Gasteiger partial charge in [-0.25, -0.2) is 9.97 Å². The molecular weight excluding hydrogens is 284 g/mol. The van der Waals surface area contributed by atoms with Crippen LogP contribution in [0.4, 0.5) is 11.6 Å². The van der Waals surface area contributed by atoms with Crippen LogP contribution in [0, 0.1) is 0 Å². The molecule has 0 radical (unpaired) electrons. The lowest BCUT2D eigenvalue weighted by atomic mass is 9.96. The Morgan fingerprint density at radius 2 is 1.81 bits per heavy atom. The predicted molar refractivity (Wildman–Crippen MR) is 92.4 cm³/mol. The van der Waals surface area contributed by atoms with E-state index < -0.39 is 0 Å². The molecule has 1 heterocycles. The van der Waals surface area contributed by atoms with Gasteiger partial charge in [-0.1, -0.05) is 20.8 Å². The van der Waals surface area contributed by atoms with Crippen molar-refractivity contribution < 1.29 is 5.11 Å². The van der Waals surface area contributed by atoms with E-state index in [9.17, 15) is 0 Å². The average molecular weight is 312 g/mol. The molecule has 0 aliphatic rings. The first-order valence-electron chi connectivity index (χ1n) is 7.53. The Morgan fingerprint density at radius 1 is 1.14 bits per heavy atom. The van der Waals surface area contributed by atoms with E-state index in [1.54, 1.807) is 0 Å². The van der Waals surface area contributed by atoms with Crippen molar-refractivity contribution in [1.29, 1.82) is 0 Å². The molecule has 0 aliphatic carbocycles. The third-order valence-electron chi connectivity index (χ3n) is 2.75. The van der Waals surface area contributed by atoms with E-state index >= 15 is 0 Å². The van der Waals surface area contributed by atoms with Crippen LogP contribution in [0.1, 0.15) is 39.9 Å². The van der Waals surface area contributed by atoms with Crippen molar-refractivity contribution in [3.63, 3.8) is 0 Å². The van der Waals surface area contributed by atoms with E-state index in [-0.39, 0.29) is 12.0 Å². The van der Waals surface area contributed by atoms with Crippen molar-refractivity contribution in [2.45, 2.75) is 39.5 Å². The van der Waals surface area contributed by atoms with Crippen LogP contribution < -0.4 is 10.6 Å². The molecule has 0 saturated carbocycles. The summed E-state index contributed by atoms with van der Waals surface area (Å²) in [4.78, 5) is 9.18. The lowest BCUT2D eigenvalue weighted by molar-refractivity contribution is 0.296. The third-order valence-corrected chi connectivity index (χ3v) is 3.82. The Kier molecular flexibility index (Phi) is 7.82. The maximum Gasteiger partial charge on any atom is 0.138 e. The molecule has 1 aromatic heterocycles. The van der Waals surface area contributed by atoms with Gasteiger partial charge in [-0.2, -0.15) is 11.8 Å². The van der Waals surface area contributed by atoms with Gasteiger partial charge < -0.3 is 15.7 Å². The van der Waals surface area contributed by atoms with E-state index in [2.05, 4.69) is 48.3 Å². The van der Waals surface area contributed by atoms with E-state index in [0.717, 1.165) is 48.5 Å². The number of anilines is 2. The molecule has 0 aliphatic heterocycles. The zero-order valence-electron chi connectivity index (χ0n) is 13.6. The van der Waals surface area contributed by atoms with Crippen molar-refractivity contribution in [3.8, 4) is 0 Å². The maximum absolute atomic E-state index is 8.74. The van der Waals surface area contributed by atoms with Crippen LogP contribution in [0.5, 0.6) is 0 Å². The second kappa shape index (κ2) is 9.10. The molecule has 21 heavy (non-hydrogen) atoms. The van der Waals surface area contributed by atoms with Gasteiger partial charge in [0.05, 0.1) is 0 Å². The van der Waals surface area contributed by atoms with Gasteiger partial charge in [-0.05, 0) is 19.1 Å². The summed E-state index contributed by atoms with van der Waals surface area (Å²) in [6, 6.07) is 1.96. The molecular formula is C15H28N4OS. The molecule has 0 unspecified atom stereocenters. The van der Waals surface area contributed by atoms with Crippen LogP contribution >= 0.6 is 11.8 Å². The van der Waals surface area contributed by atoms with Gasteiger partial charge in [0.2, 0.25) is 0 Å². The van der Waals surface area contributed by atoms with Gasteiger partial charge in [0, 0.05) is 36.9 Å². The number of nitrogens with zero attached hydrogens (tertiary/aromatic N) is 2. The number of nitrogens with one attached hydrogen (secondary N) is 2. The van der Waals surface area contributed by atoms with Crippen molar-refractivity contribution in [2.24, 2.45) is 0 Å². The molecule has 0 amide bonds. The molecule has 0 spiro atoms. The molecule has 3 N–H and O–H groups in total. The Morgan fingerprint density at radius 3 is 2.38 bits per heavy atom. The van der Waals surface area contributed by atoms with Crippen molar-refractivity contribution in [3.05, 3.63) is 11.9 Å². The van der Waals surface area contributed by atoms with Crippen LogP contribution in [0.3, 0.4) is 0 Å². The maximum atomic E-state index is 8.74. The molecule has 0 aromatic carbocycles. The largest absolute Gasteiger partial charge is 0.396 e. The minimum atomic E-state index is -0.0717. The Bertz CT molecular complexity index is 421. The summed E-state index contributed by atoms with van der Waals surface area (Å²) in [5.41, 5.74) is -0.0717. The summed E-state index contributed by atoms with van der Waals surface area (Å²) >= 11 is 1.84. The van der Waals surface area contributed by atoms with Crippen LogP contribution in [-0.4, -0.2) is 46.3 Å². The molecule has 120 valence electrons. The van der Waals surface area contributed by atoms with Crippen molar-refractivity contribution >= 4 is 23.4 Å². The third kappa shape index (κ3) is 7.00.